The monoisotopic (exact) mass is 349 g/mol. The zero-order valence-electron chi connectivity index (χ0n) is 14.7. The van der Waals surface area contributed by atoms with E-state index in [0.29, 0.717) is 0 Å². The van der Waals surface area contributed by atoms with Crippen LogP contribution < -0.4 is 5.32 Å². The van der Waals surface area contributed by atoms with E-state index in [9.17, 15) is 14.4 Å². The molecule has 4 amide bonds. The van der Waals surface area contributed by atoms with E-state index in [1.165, 1.54) is 30.1 Å². The van der Waals surface area contributed by atoms with Crippen molar-refractivity contribution < 1.29 is 14.4 Å². The molecule has 2 aromatic carbocycles. The molecule has 1 saturated heterocycles. The fourth-order valence-electron chi connectivity index (χ4n) is 3.75. The highest BCUT2D eigenvalue weighted by Crippen LogP contribution is 2.41. The highest BCUT2D eigenvalue weighted by molar-refractivity contribution is 6.07. The molecule has 2 aromatic rings. The van der Waals surface area contributed by atoms with Crippen molar-refractivity contribution in [1.29, 1.82) is 0 Å². The van der Waals surface area contributed by atoms with Crippen LogP contribution in [-0.2, 0) is 16.0 Å². The lowest BCUT2D eigenvalue weighted by molar-refractivity contribution is -0.129. The number of nitrogens with zero attached hydrogens (tertiary/aromatic N) is 2. The molecule has 2 aliphatic rings. The first-order chi connectivity index (χ1) is 12.5. The summed E-state index contributed by atoms with van der Waals surface area (Å²) in [5, 5.41) is 2.93. The number of carbonyl (C=O) groups excluding carboxylic acids is 3. The van der Waals surface area contributed by atoms with Crippen LogP contribution in [0.15, 0.2) is 42.5 Å². The van der Waals surface area contributed by atoms with E-state index in [0.717, 1.165) is 28.1 Å². The van der Waals surface area contributed by atoms with Crippen LogP contribution >= 0.6 is 0 Å². The van der Waals surface area contributed by atoms with Gasteiger partial charge in [0.1, 0.15) is 6.04 Å². The predicted molar refractivity (Wildman–Crippen MR) is 97.6 cm³/mol. The van der Waals surface area contributed by atoms with Crippen LogP contribution in [0.1, 0.15) is 17.5 Å². The summed E-state index contributed by atoms with van der Waals surface area (Å²) in [6.45, 7) is 0. The average molecular weight is 349 g/mol. The van der Waals surface area contributed by atoms with Crippen molar-refractivity contribution in [2.24, 2.45) is 0 Å². The molecule has 26 heavy (non-hydrogen) atoms. The molecular weight excluding hydrogens is 330 g/mol. The molecule has 1 heterocycles. The first-order valence-electron chi connectivity index (χ1n) is 8.51. The number of rotatable bonds is 3. The van der Waals surface area contributed by atoms with Crippen LogP contribution in [0.2, 0.25) is 0 Å². The van der Waals surface area contributed by atoms with Crippen LogP contribution in [0.25, 0.3) is 11.1 Å². The minimum Gasteiger partial charge on any atom is -0.325 e. The van der Waals surface area contributed by atoms with E-state index in [1.807, 2.05) is 24.3 Å². The lowest BCUT2D eigenvalue weighted by Gasteiger charge is -2.17. The normalized spacial score (nSPS) is 18.2. The van der Waals surface area contributed by atoms with Gasteiger partial charge in [0.25, 0.3) is 5.91 Å². The van der Waals surface area contributed by atoms with Crippen molar-refractivity contribution in [1.82, 2.24) is 9.80 Å². The van der Waals surface area contributed by atoms with Gasteiger partial charge in [0, 0.05) is 25.3 Å². The fourth-order valence-corrected chi connectivity index (χ4v) is 3.75. The molecule has 0 saturated carbocycles. The van der Waals surface area contributed by atoms with Gasteiger partial charge in [-0.15, -0.1) is 0 Å². The Morgan fingerprint density at radius 3 is 2.54 bits per heavy atom. The van der Waals surface area contributed by atoms with Crippen molar-refractivity contribution in [2.45, 2.75) is 18.9 Å². The maximum atomic E-state index is 12.6. The molecular formula is C20H19N3O3. The van der Waals surface area contributed by atoms with E-state index >= 15 is 0 Å². The summed E-state index contributed by atoms with van der Waals surface area (Å²) >= 11 is 0. The van der Waals surface area contributed by atoms with Gasteiger partial charge >= 0.3 is 6.03 Å². The number of amides is 4. The molecule has 1 N–H and O–H groups in total. The molecule has 0 spiro atoms. The van der Waals surface area contributed by atoms with Gasteiger partial charge in [-0.05, 0) is 29.2 Å². The first kappa shape index (κ1) is 16.3. The summed E-state index contributed by atoms with van der Waals surface area (Å²) in [7, 11) is 2.97. The topological polar surface area (TPSA) is 69.7 Å². The third kappa shape index (κ3) is 2.45. The number of likely N-dealkylation sites (N-methyl/N-ethyl adjacent to an activating group) is 2. The summed E-state index contributed by atoms with van der Waals surface area (Å²) in [4.78, 5) is 38.9. The van der Waals surface area contributed by atoms with Crippen LogP contribution in [0.3, 0.4) is 0 Å². The van der Waals surface area contributed by atoms with Gasteiger partial charge in [-0.25, -0.2) is 4.79 Å². The van der Waals surface area contributed by atoms with Crippen LogP contribution in [0, 0.1) is 0 Å². The maximum Gasteiger partial charge on any atom is 0.326 e. The second-order valence-corrected chi connectivity index (χ2v) is 6.73. The van der Waals surface area contributed by atoms with Gasteiger partial charge in [-0.2, -0.15) is 0 Å². The predicted octanol–water partition coefficient (Wildman–Crippen LogP) is 2.48. The molecule has 0 bridgehead atoms. The minimum absolute atomic E-state index is 0.0588. The first-order valence-corrected chi connectivity index (χ1v) is 8.51. The number of hydrogen-bond donors (Lipinski definition) is 1. The van der Waals surface area contributed by atoms with Gasteiger partial charge in [-0.1, -0.05) is 36.4 Å². The molecule has 1 aliphatic carbocycles. The quantitative estimate of drug-likeness (QED) is 0.739. The van der Waals surface area contributed by atoms with Crippen LogP contribution in [0.5, 0.6) is 0 Å². The van der Waals surface area contributed by atoms with Crippen LogP contribution in [-0.4, -0.2) is 47.8 Å². The summed E-state index contributed by atoms with van der Waals surface area (Å²) in [5.41, 5.74) is 5.32. The summed E-state index contributed by atoms with van der Waals surface area (Å²) in [6.07, 6.45) is 0.787. The molecule has 1 fully saturated rings. The third-order valence-electron chi connectivity index (χ3n) is 5.14. The van der Waals surface area contributed by atoms with Crippen molar-refractivity contribution in [3.05, 3.63) is 53.6 Å². The Bertz CT molecular complexity index is 938. The smallest absolute Gasteiger partial charge is 0.325 e. The third-order valence-corrected chi connectivity index (χ3v) is 5.14. The van der Waals surface area contributed by atoms with E-state index in [2.05, 4.69) is 23.5 Å². The van der Waals surface area contributed by atoms with Gasteiger partial charge in [0.2, 0.25) is 5.91 Å². The minimum atomic E-state index is -0.753. The zero-order valence-corrected chi connectivity index (χ0v) is 14.7. The number of imide groups is 1. The lowest BCUT2D eigenvalue weighted by Crippen LogP contribution is -2.35. The molecule has 6 heteroatoms. The molecule has 1 aliphatic heterocycles. The number of benzene rings is 2. The Kier molecular flexibility index (Phi) is 3.76. The van der Waals surface area contributed by atoms with Gasteiger partial charge in [0.05, 0.1) is 6.42 Å². The standard InChI is InChI=1S/C20H19N3O3/c1-22-16(19(25)23(2)20(22)26)11-17(24)21-15-9-5-7-13-10-12-6-3-4-8-14(12)18(13)15/h3-9,16H,10-11H2,1-2H3,(H,21,24)/t16-/m0/s1. The van der Waals surface area contributed by atoms with Crippen molar-refractivity contribution in [2.75, 3.05) is 19.4 Å². The Hall–Kier alpha value is -3.15. The van der Waals surface area contributed by atoms with E-state index in [-0.39, 0.29) is 24.3 Å². The molecule has 6 nitrogen and oxygen atoms in total. The Morgan fingerprint density at radius 1 is 1.08 bits per heavy atom. The Labute approximate surface area is 151 Å². The lowest BCUT2D eigenvalue weighted by atomic mass is 10.0. The van der Waals surface area contributed by atoms with Crippen molar-refractivity contribution in [3.8, 4) is 11.1 Å². The largest absolute Gasteiger partial charge is 0.326 e. The number of hydrogen-bond acceptors (Lipinski definition) is 3. The molecule has 0 aromatic heterocycles. The molecule has 4 rings (SSSR count). The summed E-state index contributed by atoms with van der Waals surface area (Å²) in [5.74, 6) is -0.632. The number of urea groups is 1. The molecule has 0 radical (unpaired) electrons. The molecule has 0 unspecified atom stereocenters. The number of fused-ring (bicyclic) bond motifs is 3. The average Bonchev–Trinajstić information content (AvgIpc) is 3.10. The van der Waals surface area contributed by atoms with Gasteiger partial charge in [-0.3, -0.25) is 14.5 Å². The second kappa shape index (κ2) is 5.98. The van der Waals surface area contributed by atoms with Gasteiger partial charge < -0.3 is 10.2 Å². The number of anilines is 1. The summed E-state index contributed by atoms with van der Waals surface area (Å²) in [6, 6.07) is 12.9. The second-order valence-electron chi connectivity index (χ2n) is 6.73. The highest BCUT2D eigenvalue weighted by atomic mass is 16.2. The molecule has 1 atom stereocenters. The van der Waals surface area contributed by atoms with Crippen molar-refractivity contribution >= 4 is 23.5 Å². The van der Waals surface area contributed by atoms with Crippen LogP contribution in [0.4, 0.5) is 10.5 Å². The SMILES string of the molecule is CN1C(=O)[C@H](CC(=O)Nc2cccc3c2-c2ccccc2C3)N(C)C1=O. The highest BCUT2D eigenvalue weighted by Gasteiger charge is 2.41. The van der Waals surface area contributed by atoms with Crippen molar-refractivity contribution in [3.63, 3.8) is 0 Å². The van der Waals surface area contributed by atoms with E-state index in [4.69, 9.17) is 0 Å². The number of carbonyl (C=O) groups is 3. The fraction of sp³-hybridized carbons (Fsp3) is 0.250. The van der Waals surface area contributed by atoms with E-state index < -0.39 is 6.04 Å². The summed E-state index contributed by atoms with van der Waals surface area (Å²) < 4.78 is 0. The zero-order chi connectivity index (χ0) is 18.4. The maximum absolute atomic E-state index is 12.6. The van der Waals surface area contributed by atoms with E-state index in [1.54, 1.807) is 0 Å². The van der Waals surface area contributed by atoms with Gasteiger partial charge in [0.15, 0.2) is 0 Å². The Balaban J connectivity index is 1.57. The number of nitrogens with one attached hydrogen (secondary N) is 1. The Morgan fingerprint density at radius 2 is 1.81 bits per heavy atom. The molecule has 132 valence electrons.